The molecule has 1 aromatic heterocycles. The third-order valence-corrected chi connectivity index (χ3v) is 2.67. The van der Waals surface area contributed by atoms with Gasteiger partial charge in [-0.15, -0.1) is 0 Å². The van der Waals surface area contributed by atoms with Gasteiger partial charge in [0.25, 0.3) is 5.91 Å². The quantitative estimate of drug-likeness (QED) is 0.774. The number of fused-ring (bicyclic) bond motifs is 1. The van der Waals surface area contributed by atoms with E-state index in [0.29, 0.717) is 18.7 Å². The van der Waals surface area contributed by atoms with Gasteiger partial charge in [-0.05, 0) is 31.2 Å². The van der Waals surface area contributed by atoms with Gasteiger partial charge in [0.05, 0.1) is 19.8 Å². The minimum atomic E-state index is -0.145. The summed E-state index contributed by atoms with van der Waals surface area (Å²) in [7, 11) is 0. The number of carbonyl (C=O) groups is 1. The highest BCUT2D eigenvalue weighted by Gasteiger charge is 2.07. The summed E-state index contributed by atoms with van der Waals surface area (Å²) in [5, 5.41) is 12.2. The molecule has 5 nitrogen and oxygen atoms in total. The maximum absolute atomic E-state index is 11.9. The van der Waals surface area contributed by atoms with Crippen molar-refractivity contribution < 1.29 is 19.1 Å². The Morgan fingerprint density at radius 3 is 3.00 bits per heavy atom. The van der Waals surface area contributed by atoms with Crippen LogP contribution in [-0.4, -0.2) is 37.4 Å². The molecule has 0 aliphatic carbocycles. The van der Waals surface area contributed by atoms with Gasteiger partial charge >= 0.3 is 0 Å². The average Bonchev–Trinajstić information content (AvgIpc) is 2.77. The number of hydrogen-bond acceptors (Lipinski definition) is 4. The normalized spacial score (nSPS) is 10.8. The predicted molar refractivity (Wildman–Crippen MR) is 71.2 cm³/mol. The lowest BCUT2D eigenvalue weighted by atomic mass is 10.1. The molecule has 2 N–H and O–H groups in total. The summed E-state index contributed by atoms with van der Waals surface area (Å²) in [5.74, 6) is 0.679. The summed E-state index contributed by atoms with van der Waals surface area (Å²) < 4.78 is 10.5. The van der Waals surface area contributed by atoms with Crippen molar-refractivity contribution in [3.05, 3.63) is 35.6 Å². The molecule has 0 radical (unpaired) electrons. The molecule has 0 aliphatic rings. The molecular weight excluding hydrogens is 246 g/mol. The zero-order valence-corrected chi connectivity index (χ0v) is 10.8. The van der Waals surface area contributed by atoms with Crippen LogP contribution in [0.1, 0.15) is 16.1 Å². The fourth-order valence-corrected chi connectivity index (χ4v) is 1.82. The molecule has 0 atom stereocenters. The van der Waals surface area contributed by atoms with Gasteiger partial charge < -0.3 is 19.6 Å². The summed E-state index contributed by atoms with van der Waals surface area (Å²) >= 11 is 0. The number of furan rings is 1. The van der Waals surface area contributed by atoms with Gasteiger partial charge in [-0.25, -0.2) is 0 Å². The van der Waals surface area contributed by atoms with Crippen LogP contribution in [0, 0.1) is 6.92 Å². The van der Waals surface area contributed by atoms with Crippen molar-refractivity contribution in [3.8, 4) is 0 Å². The number of aliphatic hydroxyl groups is 1. The fourth-order valence-electron chi connectivity index (χ4n) is 1.82. The lowest BCUT2D eigenvalue weighted by molar-refractivity contribution is 0.0838. The van der Waals surface area contributed by atoms with Crippen LogP contribution in [-0.2, 0) is 4.74 Å². The zero-order chi connectivity index (χ0) is 13.7. The Hall–Kier alpha value is -1.85. The molecule has 19 heavy (non-hydrogen) atoms. The number of aliphatic hydroxyl groups excluding tert-OH is 1. The van der Waals surface area contributed by atoms with Crippen LogP contribution in [0.4, 0.5) is 0 Å². The summed E-state index contributed by atoms with van der Waals surface area (Å²) in [5.41, 5.74) is 1.37. The first-order valence-corrected chi connectivity index (χ1v) is 6.17. The van der Waals surface area contributed by atoms with Crippen molar-refractivity contribution in [1.82, 2.24) is 5.32 Å². The van der Waals surface area contributed by atoms with E-state index in [0.717, 1.165) is 16.7 Å². The molecule has 1 aromatic carbocycles. The molecule has 0 aliphatic heterocycles. The highest BCUT2D eigenvalue weighted by molar-refractivity contribution is 5.97. The van der Waals surface area contributed by atoms with E-state index in [-0.39, 0.29) is 19.1 Å². The first kappa shape index (κ1) is 13.6. The van der Waals surface area contributed by atoms with E-state index in [1.165, 1.54) is 0 Å². The highest BCUT2D eigenvalue weighted by atomic mass is 16.5. The molecule has 0 unspecified atom stereocenters. The van der Waals surface area contributed by atoms with Crippen molar-refractivity contribution in [1.29, 1.82) is 0 Å². The Kier molecular flexibility index (Phi) is 4.54. The number of benzene rings is 1. The van der Waals surface area contributed by atoms with E-state index < -0.39 is 0 Å². The molecule has 2 rings (SSSR count). The number of amides is 1. The van der Waals surface area contributed by atoms with Crippen molar-refractivity contribution >= 4 is 16.9 Å². The molecule has 102 valence electrons. The zero-order valence-electron chi connectivity index (χ0n) is 10.8. The van der Waals surface area contributed by atoms with Crippen molar-refractivity contribution in [3.63, 3.8) is 0 Å². The van der Waals surface area contributed by atoms with Crippen LogP contribution >= 0.6 is 0 Å². The van der Waals surface area contributed by atoms with E-state index in [4.69, 9.17) is 14.3 Å². The van der Waals surface area contributed by atoms with Crippen molar-refractivity contribution in [2.24, 2.45) is 0 Å². The van der Waals surface area contributed by atoms with Crippen LogP contribution in [0.5, 0.6) is 0 Å². The molecule has 0 fully saturated rings. The molecular formula is C14H17NO4. The summed E-state index contributed by atoms with van der Waals surface area (Å²) in [6.07, 6.45) is 0. The predicted octanol–water partition coefficient (Wildman–Crippen LogP) is 1.48. The Bertz CT molecular complexity index is 562. The molecule has 0 saturated carbocycles. The first-order chi connectivity index (χ1) is 9.20. The van der Waals surface area contributed by atoms with Crippen LogP contribution in [0.15, 0.2) is 28.7 Å². The molecule has 1 heterocycles. The topological polar surface area (TPSA) is 71.7 Å². The minimum absolute atomic E-state index is 0.00947. The van der Waals surface area contributed by atoms with Gasteiger partial charge in [-0.3, -0.25) is 4.79 Å². The molecule has 2 aromatic rings. The molecule has 0 bridgehead atoms. The molecule has 1 amide bonds. The van der Waals surface area contributed by atoms with E-state index in [1.54, 1.807) is 18.2 Å². The smallest absolute Gasteiger partial charge is 0.251 e. The standard InChI is InChI=1S/C14H17NO4/c1-10-8-12-9-11(2-3-13(12)19-10)14(17)15-4-6-18-7-5-16/h2-3,8-9,16H,4-7H2,1H3,(H,15,17). The van der Waals surface area contributed by atoms with Crippen LogP contribution in [0.25, 0.3) is 11.0 Å². The largest absolute Gasteiger partial charge is 0.461 e. The van der Waals surface area contributed by atoms with E-state index in [2.05, 4.69) is 5.32 Å². The van der Waals surface area contributed by atoms with Gasteiger partial charge in [0.2, 0.25) is 0 Å². The second kappa shape index (κ2) is 6.36. The van der Waals surface area contributed by atoms with Crippen molar-refractivity contribution in [2.75, 3.05) is 26.4 Å². The fraction of sp³-hybridized carbons (Fsp3) is 0.357. The minimum Gasteiger partial charge on any atom is -0.461 e. The van der Waals surface area contributed by atoms with E-state index >= 15 is 0 Å². The third kappa shape index (κ3) is 3.56. The summed E-state index contributed by atoms with van der Waals surface area (Å²) in [6.45, 7) is 2.96. The number of nitrogens with one attached hydrogen (secondary N) is 1. The average molecular weight is 263 g/mol. The Morgan fingerprint density at radius 1 is 1.37 bits per heavy atom. The SMILES string of the molecule is Cc1cc2cc(C(=O)NCCOCCO)ccc2o1. The molecule has 0 saturated heterocycles. The lowest BCUT2D eigenvalue weighted by Gasteiger charge is -2.05. The molecule has 5 heteroatoms. The number of hydrogen-bond donors (Lipinski definition) is 2. The van der Waals surface area contributed by atoms with Crippen LogP contribution in [0.3, 0.4) is 0 Å². The second-order valence-electron chi connectivity index (χ2n) is 4.20. The number of rotatable bonds is 6. The maximum atomic E-state index is 11.9. The van der Waals surface area contributed by atoms with Gasteiger partial charge in [0.15, 0.2) is 0 Å². The van der Waals surface area contributed by atoms with E-state index in [1.807, 2.05) is 13.0 Å². The molecule has 0 spiro atoms. The third-order valence-electron chi connectivity index (χ3n) is 2.67. The van der Waals surface area contributed by atoms with Gasteiger partial charge in [-0.1, -0.05) is 0 Å². The number of aryl methyl sites for hydroxylation is 1. The lowest BCUT2D eigenvalue weighted by Crippen LogP contribution is -2.27. The van der Waals surface area contributed by atoms with Crippen LogP contribution in [0.2, 0.25) is 0 Å². The second-order valence-corrected chi connectivity index (χ2v) is 4.20. The highest BCUT2D eigenvalue weighted by Crippen LogP contribution is 2.20. The number of carbonyl (C=O) groups excluding carboxylic acids is 1. The van der Waals surface area contributed by atoms with Crippen LogP contribution < -0.4 is 5.32 Å². The van der Waals surface area contributed by atoms with Crippen molar-refractivity contribution in [2.45, 2.75) is 6.92 Å². The summed E-state index contributed by atoms with van der Waals surface area (Å²) in [4.78, 5) is 11.9. The van der Waals surface area contributed by atoms with E-state index in [9.17, 15) is 4.79 Å². The summed E-state index contributed by atoms with van der Waals surface area (Å²) in [6, 6.07) is 7.22. The van der Waals surface area contributed by atoms with Gasteiger partial charge in [0.1, 0.15) is 11.3 Å². The first-order valence-electron chi connectivity index (χ1n) is 6.17. The Labute approximate surface area is 111 Å². The monoisotopic (exact) mass is 263 g/mol. The van der Waals surface area contributed by atoms with Gasteiger partial charge in [-0.2, -0.15) is 0 Å². The Balaban J connectivity index is 1.93. The Morgan fingerprint density at radius 2 is 2.21 bits per heavy atom. The van der Waals surface area contributed by atoms with Gasteiger partial charge in [0, 0.05) is 17.5 Å². The maximum Gasteiger partial charge on any atom is 0.251 e. The number of ether oxygens (including phenoxy) is 1.